The van der Waals surface area contributed by atoms with Crippen LogP contribution in [0.25, 0.3) is 0 Å². The lowest BCUT2D eigenvalue weighted by Gasteiger charge is -2.28. The maximum atomic E-state index is 11.9. The van der Waals surface area contributed by atoms with Crippen LogP contribution in [0.3, 0.4) is 0 Å². The standard InChI is InChI=1S/C15H20O3/c1-3-18-12-8-6-11(7-9-12)14(17)15(2)10-4-5-13(15)16/h6-9,14,17H,3-5,10H2,1-2H3/t14?,15-/m1/s1. The Labute approximate surface area is 108 Å². The Balaban J connectivity index is 2.18. The summed E-state index contributed by atoms with van der Waals surface area (Å²) in [6.45, 7) is 4.42. The van der Waals surface area contributed by atoms with Crippen molar-refractivity contribution in [3.8, 4) is 5.75 Å². The summed E-state index contributed by atoms with van der Waals surface area (Å²) in [6.07, 6.45) is 1.51. The average molecular weight is 248 g/mol. The van der Waals surface area contributed by atoms with E-state index in [9.17, 15) is 9.90 Å². The zero-order valence-corrected chi connectivity index (χ0v) is 11.0. The molecule has 2 rings (SSSR count). The van der Waals surface area contributed by atoms with Crippen LogP contribution >= 0.6 is 0 Å². The molecule has 1 fully saturated rings. The quantitative estimate of drug-likeness (QED) is 0.891. The third kappa shape index (κ3) is 2.27. The lowest BCUT2D eigenvalue weighted by molar-refractivity contribution is -0.131. The second-order valence-electron chi connectivity index (χ2n) is 5.10. The maximum absolute atomic E-state index is 11.9. The molecule has 0 aromatic heterocycles. The Bertz CT molecular complexity index is 424. The van der Waals surface area contributed by atoms with E-state index < -0.39 is 11.5 Å². The monoisotopic (exact) mass is 248 g/mol. The van der Waals surface area contributed by atoms with E-state index in [1.54, 1.807) is 0 Å². The van der Waals surface area contributed by atoms with Crippen molar-refractivity contribution >= 4 is 5.78 Å². The van der Waals surface area contributed by atoms with Crippen LogP contribution in [-0.2, 0) is 4.79 Å². The van der Waals surface area contributed by atoms with Crippen molar-refractivity contribution in [1.29, 1.82) is 0 Å². The Morgan fingerprint density at radius 3 is 2.56 bits per heavy atom. The fourth-order valence-electron chi connectivity index (χ4n) is 2.61. The van der Waals surface area contributed by atoms with Gasteiger partial charge >= 0.3 is 0 Å². The average Bonchev–Trinajstić information content (AvgIpc) is 2.71. The number of rotatable bonds is 4. The second-order valence-corrected chi connectivity index (χ2v) is 5.10. The number of ketones is 1. The summed E-state index contributed by atoms with van der Waals surface area (Å²) in [5.41, 5.74) is 0.170. The zero-order chi connectivity index (χ0) is 13.2. The molecule has 2 atom stereocenters. The molecule has 1 aromatic carbocycles. The highest BCUT2D eigenvalue weighted by Crippen LogP contribution is 2.44. The summed E-state index contributed by atoms with van der Waals surface area (Å²) in [5.74, 6) is 0.959. The SMILES string of the molecule is CCOc1ccc(C(O)[C@]2(C)CCCC2=O)cc1. The number of hydrogen-bond donors (Lipinski definition) is 1. The first-order chi connectivity index (χ1) is 8.58. The molecule has 0 aliphatic heterocycles. The molecule has 0 heterocycles. The maximum Gasteiger partial charge on any atom is 0.141 e. The molecule has 1 aromatic rings. The van der Waals surface area contributed by atoms with Crippen molar-refractivity contribution in [2.75, 3.05) is 6.61 Å². The highest BCUT2D eigenvalue weighted by atomic mass is 16.5. The Hall–Kier alpha value is -1.35. The van der Waals surface area contributed by atoms with Crippen molar-refractivity contribution < 1.29 is 14.6 Å². The Morgan fingerprint density at radius 2 is 2.06 bits per heavy atom. The molecule has 0 bridgehead atoms. The van der Waals surface area contributed by atoms with Crippen molar-refractivity contribution in [3.63, 3.8) is 0 Å². The van der Waals surface area contributed by atoms with Crippen LogP contribution in [0.2, 0.25) is 0 Å². The third-order valence-corrected chi connectivity index (χ3v) is 3.85. The molecule has 1 unspecified atom stereocenters. The number of aliphatic hydroxyl groups excluding tert-OH is 1. The second kappa shape index (κ2) is 5.11. The van der Waals surface area contributed by atoms with E-state index >= 15 is 0 Å². The summed E-state index contributed by atoms with van der Waals surface area (Å²) < 4.78 is 5.36. The first-order valence-electron chi connectivity index (χ1n) is 6.52. The topological polar surface area (TPSA) is 46.5 Å². The van der Waals surface area contributed by atoms with Crippen LogP contribution in [0.15, 0.2) is 24.3 Å². The number of carbonyl (C=O) groups excluding carboxylic acids is 1. The van der Waals surface area contributed by atoms with Crippen LogP contribution in [0.1, 0.15) is 44.8 Å². The van der Waals surface area contributed by atoms with Gasteiger partial charge in [0.1, 0.15) is 11.5 Å². The van der Waals surface area contributed by atoms with Crippen LogP contribution in [-0.4, -0.2) is 17.5 Å². The first kappa shape index (κ1) is 13.1. The van der Waals surface area contributed by atoms with Crippen molar-refractivity contribution in [1.82, 2.24) is 0 Å². The molecular formula is C15H20O3. The molecule has 98 valence electrons. The van der Waals surface area contributed by atoms with E-state index in [1.807, 2.05) is 38.1 Å². The van der Waals surface area contributed by atoms with Gasteiger partial charge in [-0.2, -0.15) is 0 Å². The van der Waals surface area contributed by atoms with Gasteiger partial charge in [0.05, 0.1) is 18.1 Å². The van der Waals surface area contributed by atoms with Gasteiger partial charge in [0.2, 0.25) is 0 Å². The van der Waals surface area contributed by atoms with E-state index in [0.717, 1.165) is 24.2 Å². The number of benzene rings is 1. The Kier molecular flexibility index (Phi) is 3.71. The van der Waals surface area contributed by atoms with Gasteiger partial charge in [-0.15, -0.1) is 0 Å². The minimum absolute atomic E-state index is 0.170. The van der Waals surface area contributed by atoms with E-state index in [-0.39, 0.29) is 5.78 Å². The van der Waals surface area contributed by atoms with E-state index in [4.69, 9.17) is 4.74 Å². The zero-order valence-electron chi connectivity index (χ0n) is 11.0. The molecular weight excluding hydrogens is 228 g/mol. The lowest BCUT2D eigenvalue weighted by atomic mass is 9.78. The Morgan fingerprint density at radius 1 is 1.39 bits per heavy atom. The van der Waals surface area contributed by atoms with Gasteiger partial charge in [-0.1, -0.05) is 12.1 Å². The molecule has 0 spiro atoms. The summed E-state index contributed by atoms with van der Waals surface area (Å²) >= 11 is 0. The minimum Gasteiger partial charge on any atom is -0.494 e. The van der Waals surface area contributed by atoms with E-state index in [0.29, 0.717) is 13.0 Å². The van der Waals surface area contributed by atoms with Crippen molar-refractivity contribution in [3.05, 3.63) is 29.8 Å². The van der Waals surface area contributed by atoms with Crippen LogP contribution in [0.4, 0.5) is 0 Å². The normalized spacial score (nSPS) is 25.2. The summed E-state index contributed by atoms with van der Waals surface area (Å²) in [7, 11) is 0. The fourth-order valence-corrected chi connectivity index (χ4v) is 2.61. The van der Waals surface area contributed by atoms with Gasteiger partial charge in [0, 0.05) is 6.42 Å². The predicted molar refractivity (Wildman–Crippen MR) is 69.5 cm³/mol. The van der Waals surface area contributed by atoms with Gasteiger partial charge in [-0.3, -0.25) is 4.79 Å². The van der Waals surface area contributed by atoms with Crippen molar-refractivity contribution in [2.24, 2.45) is 5.41 Å². The largest absolute Gasteiger partial charge is 0.494 e. The third-order valence-electron chi connectivity index (χ3n) is 3.85. The molecule has 18 heavy (non-hydrogen) atoms. The summed E-state index contributed by atoms with van der Waals surface area (Å²) in [5, 5.41) is 10.4. The molecule has 1 saturated carbocycles. The fraction of sp³-hybridized carbons (Fsp3) is 0.533. The molecule has 1 aliphatic rings. The number of hydrogen-bond acceptors (Lipinski definition) is 3. The van der Waals surface area contributed by atoms with E-state index in [1.165, 1.54) is 0 Å². The van der Waals surface area contributed by atoms with Gasteiger partial charge in [0.15, 0.2) is 0 Å². The molecule has 0 amide bonds. The van der Waals surface area contributed by atoms with E-state index in [2.05, 4.69) is 0 Å². The highest BCUT2D eigenvalue weighted by molar-refractivity contribution is 5.87. The van der Waals surface area contributed by atoms with Gasteiger partial charge in [0.25, 0.3) is 0 Å². The number of aliphatic hydroxyl groups is 1. The van der Waals surface area contributed by atoms with Crippen LogP contribution in [0.5, 0.6) is 5.75 Å². The molecule has 0 radical (unpaired) electrons. The van der Waals surface area contributed by atoms with Crippen molar-refractivity contribution in [2.45, 2.75) is 39.2 Å². The summed E-state index contributed by atoms with van der Waals surface area (Å²) in [4.78, 5) is 11.9. The minimum atomic E-state index is -0.719. The molecule has 1 aliphatic carbocycles. The molecule has 3 nitrogen and oxygen atoms in total. The van der Waals surface area contributed by atoms with Gasteiger partial charge < -0.3 is 9.84 Å². The lowest BCUT2D eigenvalue weighted by Crippen LogP contribution is -2.29. The summed E-state index contributed by atoms with van der Waals surface area (Å²) in [6, 6.07) is 7.36. The molecule has 1 N–H and O–H groups in total. The molecule has 0 saturated heterocycles. The van der Waals surface area contributed by atoms with Gasteiger partial charge in [-0.05, 0) is 44.4 Å². The smallest absolute Gasteiger partial charge is 0.141 e. The highest BCUT2D eigenvalue weighted by Gasteiger charge is 2.43. The predicted octanol–water partition coefficient (Wildman–Crippen LogP) is 2.88. The number of ether oxygens (including phenoxy) is 1. The number of Topliss-reactive ketones (excluding diaryl/α,β-unsaturated/α-hetero) is 1. The van der Waals surface area contributed by atoms with Crippen LogP contribution in [0, 0.1) is 5.41 Å². The first-order valence-corrected chi connectivity index (χ1v) is 6.52. The number of carbonyl (C=O) groups is 1. The van der Waals surface area contributed by atoms with Gasteiger partial charge in [-0.25, -0.2) is 0 Å². The molecule has 3 heteroatoms. The van der Waals surface area contributed by atoms with Crippen LogP contribution < -0.4 is 4.74 Å².